The standard InChI is InChI=1S/C20H30N2O9/c1-5-13(23)10-21-17(27)20(6-2,7-3)18(28)22(19(21)29)11-14(24)12-31-16(26)9-8-15(25)30-4/h8-9,13-14,23-24H,5-7,10-12H2,1-4H3. The van der Waals surface area contributed by atoms with Crippen molar-refractivity contribution in [3.05, 3.63) is 12.2 Å². The van der Waals surface area contributed by atoms with Crippen molar-refractivity contribution in [3.63, 3.8) is 0 Å². The second-order valence-electron chi connectivity index (χ2n) is 7.11. The number of esters is 2. The molecule has 0 aromatic carbocycles. The molecule has 0 aromatic heterocycles. The van der Waals surface area contributed by atoms with Crippen molar-refractivity contribution < 1.29 is 43.7 Å². The van der Waals surface area contributed by atoms with Crippen LogP contribution in [-0.2, 0) is 28.7 Å². The van der Waals surface area contributed by atoms with Crippen LogP contribution in [0.25, 0.3) is 0 Å². The summed E-state index contributed by atoms with van der Waals surface area (Å²) in [7, 11) is 1.13. The normalized spacial score (nSPS) is 18.3. The van der Waals surface area contributed by atoms with Crippen LogP contribution in [-0.4, -0.2) is 88.8 Å². The van der Waals surface area contributed by atoms with Crippen molar-refractivity contribution >= 4 is 29.8 Å². The Morgan fingerprint density at radius 2 is 1.42 bits per heavy atom. The average molecular weight is 442 g/mol. The van der Waals surface area contributed by atoms with Gasteiger partial charge < -0.3 is 19.7 Å². The van der Waals surface area contributed by atoms with Gasteiger partial charge in [-0.3, -0.25) is 19.4 Å². The number of aliphatic hydroxyl groups excluding tert-OH is 2. The van der Waals surface area contributed by atoms with Gasteiger partial charge in [-0.15, -0.1) is 0 Å². The van der Waals surface area contributed by atoms with E-state index in [0.717, 1.165) is 29.1 Å². The lowest BCUT2D eigenvalue weighted by molar-refractivity contribution is -0.161. The van der Waals surface area contributed by atoms with Gasteiger partial charge in [0.05, 0.1) is 26.3 Å². The number of carbonyl (C=O) groups is 5. The van der Waals surface area contributed by atoms with Crippen LogP contribution in [0.3, 0.4) is 0 Å². The van der Waals surface area contributed by atoms with Crippen molar-refractivity contribution in [1.82, 2.24) is 9.80 Å². The lowest BCUT2D eigenvalue weighted by atomic mass is 9.77. The zero-order valence-corrected chi connectivity index (χ0v) is 18.2. The summed E-state index contributed by atoms with van der Waals surface area (Å²) >= 11 is 0. The molecule has 11 nitrogen and oxygen atoms in total. The number of ether oxygens (including phenoxy) is 2. The van der Waals surface area contributed by atoms with E-state index in [4.69, 9.17) is 4.74 Å². The Hall–Kier alpha value is -2.79. The van der Waals surface area contributed by atoms with Crippen LogP contribution in [0.1, 0.15) is 40.0 Å². The second-order valence-corrected chi connectivity index (χ2v) is 7.11. The number of β-amino-alcohol motifs (C(OH)–C–C–N with tert-alkyl or cyclic N) is 2. The van der Waals surface area contributed by atoms with Crippen LogP contribution in [0.15, 0.2) is 12.2 Å². The summed E-state index contributed by atoms with van der Waals surface area (Å²) in [5, 5.41) is 20.2. The van der Waals surface area contributed by atoms with Gasteiger partial charge >= 0.3 is 18.0 Å². The van der Waals surface area contributed by atoms with Crippen molar-refractivity contribution in [2.45, 2.75) is 52.2 Å². The second kappa shape index (κ2) is 11.6. The molecule has 1 aliphatic heterocycles. The Morgan fingerprint density at radius 3 is 1.87 bits per heavy atom. The van der Waals surface area contributed by atoms with E-state index >= 15 is 0 Å². The highest BCUT2D eigenvalue weighted by Gasteiger charge is 2.55. The molecule has 1 aliphatic rings. The zero-order valence-electron chi connectivity index (χ0n) is 18.2. The number of methoxy groups -OCH3 is 1. The van der Waals surface area contributed by atoms with Gasteiger partial charge in [0.1, 0.15) is 18.1 Å². The van der Waals surface area contributed by atoms with Crippen LogP contribution >= 0.6 is 0 Å². The van der Waals surface area contributed by atoms with E-state index in [1.165, 1.54) is 0 Å². The minimum atomic E-state index is -1.49. The fourth-order valence-corrected chi connectivity index (χ4v) is 3.14. The maximum absolute atomic E-state index is 13.0. The molecule has 1 saturated heterocycles. The predicted octanol–water partition coefficient (Wildman–Crippen LogP) is -0.0122. The first-order valence-electron chi connectivity index (χ1n) is 10.0. The molecule has 2 unspecified atom stereocenters. The van der Waals surface area contributed by atoms with Crippen molar-refractivity contribution in [1.29, 1.82) is 0 Å². The first kappa shape index (κ1) is 26.2. The molecule has 31 heavy (non-hydrogen) atoms. The molecule has 1 rings (SSSR count). The molecule has 0 aliphatic carbocycles. The number of urea groups is 1. The van der Waals surface area contributed by atoms with Crippen LogP contribution in [0.5, 0.6) is 0 Å². The van der Waals surface area contributed by atoms with Gasteiger partial charge in [-0.05, 0) is 19.3 Å². The van der Waals surface area contributed by atoms with Crippen LogP contribution in [0.4, 0.5) is 4.79 Å². The molecular weight excluding hydrogens is 412 g/mol. The minimum Gasteiger partial charge on any atom is -0.466 e. The molecule has 4 amide bonds. The fourth-order valence-electron chi connectivity index (χ4n) is 3.14. The monoisotopic (exact) mass is 442 g/mol. The van der Waals surface area contributed by atoms with E-state index < -0.39 is 60.6 Å². The third-order valence-electron chi connectivity index (χ3n) is 5.21. The van der Waals surface area contributed by atoms with Crippen LogP contribution < -0.4 is 0 Å². The molecule has 2 atom stereocenters. The summed E-state index contributed by atoms with van der Waals surface area (Å²) in [6.45, 7) is 3.63. The minimum absolute atomic E-state index is 0.132. The maximum Gasteiger partial charge on any atom is 0.333 e. The largest absolute Gasteiger partial charge is 0.466 e. The highest BCUT2D eigenvalue weighted by atomic mass is 16.5. The SMILES string of the molecule is CCC(O)CN1C(=O)N(CC(O)COC(=O)C=CC(=O)OC)C(=O)C(CC)(CC)C1=O. The number of barbiturate groups is 1. The topological polar surface area (TPSA) is 151 Å². The summed E-state index contributed by atoms with van der Waals surface area (Å²) in [6.07, 6.45) is -0.177. The molecular formula is C20H30N2O9. The molecule has 0 saturated carbocycles. The highest BCUT2D eigenvalue weighted by molar-refractivity contribution is 6.19. The summed E-state index contributed by atoms with van der Waals surface area (Å²) in [5.74, 6) is -3.12. The van der Waals surface area contributed by atoms with E-state index in [1.807, 2.05) is 0 Å². The predicted molar refractivity (Wildman–Crippen MR) is 106 cm³/mol. The third kappa shape index (κ3) is 6.11. The zero-order chi connectivity index (χ0) is 23.8. The van der Waals surface area contributed by atoms with Gasteiger partial charge in [0, 0.05) is 12.2 Å². The number of imide groups is 2. The van der Waals surface area contributed by atoms with E-state index in [9.17, 15) is 34.2 Å². The lowest BCUT2D eigenvalue weighted by Crippen LogP contribution is -2.66. The molecule has 11 heteroatoms. The van der Waals surface area contributed by atoms with Gasteiger partial charge in [0.2, 0.25) is 11.8 Å². The molecule has 174 valence electrons. The van der Waals surface area contributed by atoms with Gasteiger partial charge in [0.25, 0.3) is 0 Å². The molecule has 0 radical (unpaired) electrons. The third-order valence-corrected chi connectivity index (χ3v) is 5.21. The van der Waals surface area contributed by atoms with E-state index in [-0.39, 0.29) is 19.4 Å². The van der Waals surface area contributed by atoms with Crippen LogP contribution in [0, 0.1) is 5.41 Å². The average Bonchev–Trinajstić information content (AvgIpc) is 2.77. The van der Waals surface area contributed by atoms with Gasteiger partial charge in [-0.2, -0.15) is 0 Å². The Balaban J connectivity index is 2.97. The van der Waals surface area contributed by atoms with Crippen molar-refractivity contribution in [3.8, 4) is 0 Å². The highest BCUT2D eigenvalue weighted by Crippen LogP contribution is 2.36. The Kier molecular flexibility index (Phi) is 9.79. The van der Waals surface area contributed by atoms with Gasteiger partial charge in [0.15, 0.2) is 0 Å². The van der Waals surface area contributed by atoms with Gasteiger partial charge in [-0.25, -0.2) is 14.4 Å². The number of carbonyl (C=O) groups excluding carboxylic acids is 5. The number of hydrogen-bond donors (Lipinski definition) is 2. The maximum atomic E-state index is 13.0. The number of nitrogens with zero attached hydrogens (tertiary/aromatic N) is 2. The summed E-state index contributed by atoms with van der Waals surface area (Å²) in [6, 6.07) is -0.948. The molecule has 0 aromatic rings. The Morgan fingerprint density at radius 1 is 0.935 bits per heavy atom. The number of rotatable bonds is 11. The first-order valence-corrected chi connectivity index (χ1v) is 10.0. The molecule has 0 spiro atoms. The molecule has 1 fully saturated rings. The van der Waals surface area contributed by atoms with Gasteiger partial charge in [-0.1, -0.05) is 20.8 Å². The van der Waals surface area contributed by atoms with Crippen LogP contribution in [0.2, 0.25) is 0 Å². The number of hydrogen-bond acceptors (Lipinski definition) is 9. The first-order chi connectivity index (χ1) is 14.6. The van der Waals surface area contributed by atoms with E-state index in [1.54, 1.807) is 20.8 Å². The van der Waals surface area contributed by atoms with E-state index in [0.29, 0.717) is 6.42 Å². The van der Waals surface area contributed by atoms with Crippen molar-refractivity contribution in [2.24, 2.45) is 5.41 Å². The summed E-state index contributed by atoms with van der Waals surface area (Å²) in [4.78, 5) is 62.9. The smallest absolute Gasteiger partial charge is 0.333 e. The summed E-state index contributed by atoms with van der Waals surface area (Å²) in [5.41, 5.74) is -1.49. The number of amides is 4. The van der Waals surface area contributed by atoms with Crippen molar-refractivity contribution in [2.75, 3.05) is 26.8 Å². The fraction of sp³-hybridized carbons (Fsp3) is 0.650. The summed E-state index contributed by atoms with van der Waals surface area (Å²) < 4.78 is 9.12. The lowest BCUT2D eigenvalue weighted by Gasteiger charge is -2.44. The Bertz CT molecular complexity index is 730. The quantitative estimate of drug-likeness (QED) is 0.256. The molecule has 2 N–H and O–H groups in total. The Labute approximate surface area is 180 Å². The van der Waals surface area contributed by atoms with E-state index in [2.05, 4.69) is 4.74 Å². The molecule has 1 heterocycles. The molecule has 0 bridgehead atoms. The number of aliphatic hydroxyl groups is 2.